The van der Waals surface area contributed by atoms with Crippen molar-refractivity contribution in [2.45, 2.75) is 18.5 Å². The molecule has 0 unspecified atom stereocenters. The van der Waals surface area contributed by atoms with E-state index in [1.165, 1.54) is 0 Å². The Labute approximate surface area is 97.2 Å². The Bertz CT molecular complexity index is 411. The standard InChI is InChI=1S/C10H6F6O2/c11-8(9(12,13)14)10(15,16)18-7-3-1-6(5-17)2-4-7/h1-5,8H/t8-/m0/s1. The van der Waals surface area contributed by atoms with Gasteiger partial charge in [0.15, 0.2) is 0 Å². The normalized spacial score (nSPS) is 14.1. The second-order valence-corrected chi connectivity index (χ2v) is 3.25. The number of ether oxygens (including phenoxy) is 1. The lowest BCUT2D eigenvalue weighted by atomic mass is 10.2. The Morgan fingerprint density at radius 1 is 1.06 bits per heavy atom. The van der Waals surface area contributed by atoms with Gasteiger partial charge >= 0.3 is 12.3 Å². The predicted octanol–water partition coefficient (Wildman–Crippen LogP) is 3.37. The van der Waals surface area contributed by atoms with Gasteiger partial charge in [0.2, 0.25) is 0 Å². The number of carbonyl (C=O) groups is 1. The summed E-state index contributed by atoms with van der Waals surface area (Å²) in [5, 5.41) is 0. The topological polar surface area (TPSA) is 26.3 Å². The first-order valence-corrected chi connectivity index (χ1v) is 4.49. The van der Waals surface area contributed by atoms with Crippen LogP contribution in [0.4, 0.5) is 26.3 Å². The number of benzene rings is 1. The first-order chi connectivity index (χ1) is 8.16. The molecule has 0 amide bonds. The van der Waals surface area contributed by atoms with E-state index >= 15 is 0 Å². The highest BCUT2D eigenvalue weighted by atomic mass is 19.4. The van der Waals surface area contributed by atoms with E-state index in [0.29, 0.717) is 6.29 Å². The van der Waals surface area contributed by atoms with E-state index in [1.807, 2.05) is 0 Å². The van der Waals surface area contributed by atoms with Crippen molar-refractivity contribution in [3.63, 3.8) is 0 Å². The average molecular weight is 272 g/mol. The summed E-state index contributed by atoms with van der Waals surface area (Å²) in [5.74, 6) is -0.683. The van der Waals surface area contributed by atoms with Gasteiger partial charge in [-0.3, -0.25) is 4.79 Å². The number of hydrogen-bond donors (Lipinski definition) is 0. The molecule has 0 aliphatic carbocycles. The van der Waals surface area contributed by atoms with E-state index in [2.05, 4.69) is 4.74 Å². The Morgan fingerprint density at radius 2 is 1.56 bits per heavy atom. The summed E-state index contributed by atoms with van der Waals surface area (Å²) >= 11 is 0. The highest BCUT2D eigenvalue weighted by molar-refractivity contribution is 5.74. The largest absolute Gasteiger partial charge is 0.439 e. The number of hydrogen-bond acceptors (Lipinski definition) is 2. The minimum Gasteiger partial charge on any atom is -0.430 e. The molecule has 0 fully saturated rings. The van der Waals surface area contributed by atoms with E-state index in [-0.39, 0.29) is 5.56 Å². The molecule has 0 radical (unpaired) electrons. The number of carbonyl (C=O) groups excluding carboxylic acids is 1. The molecular formula is C10H6F6O2. The summed E-state index contributed by atoms with van der Waals surface area (Å²) in [7, 11) is 0. The molecule has 2 nitrogen and oxygen atoms in total. The molecule has 1 rings (SSSR count). The molecule has 0 aromatic heterocycles. The molecule has 0 saturated carbocycles. The van der Waals surface area contributed by atoms with Gasteiger partial charge in [0.05, 0.1) is 0 Å². The van der Waals surface area contributed by atoms with Crippen LogP contribution < -0.4 is 4.74 Å². The zero-order valence-corrected chi connectivity index (χ0v) is 8.55. The van der Waals surface area contributed by atoms with Gasteiger partial charge in [-0.05, 0) is 24.3 Å². The van der Waals surface area contributed by atoms with E-state index in [1.54, 1.807) is 0 Å². The smallest absolute Gasteiger partial charge is 0.430 e. The van der Waals surface area contributed by atoms with Gasteiger partial charge in [0, 0.05) is 5.56 Å². The fraction of sp³-hybridized carbons (Fsp3) is 0.300. The fourth-order valence-corrected chi connectivity index (χ4v) is 1.01. The highest BCUT2D eigenvalue weighted by Gasteiger charge is 2.59. The Morgan fingerprint density at radius 3 is 1.94 bits per heavy atom. The van der Waals surface area contributed by atoms with Crippen molar-refractivity contribution in [3.8, 4) is 5.75 Å². The molecule has 0 spiro atoms. The molecule has 0 aliphatic rings. The van der Waals surface area contributed by atoms with Crippen molar-refractivity contribution < 1.29 is 35.9 Å². The van der Waals surface area contributed by atoms with Crippen LogP contribution >= 0.6 is 0 Å². The molecule has 1 aromatic rings. The van der Waals surface area contributed by atoms with Gasteiger partial charge in [-0.1, -0.05) is 0 Å². The van der Waals surface area contributed by atoms with Gasteiger partial charge in [-0.2, -0.15) is 22.0 Å². The van der Waals surface area contributed by atoms with Crippen LogP contribution in [0, 0.1) is 0 Å². The quantitative estimate of drug-likeness (QED) is 0.620. The predicted molar refractivity (Wildman–Crippen MR) is 48.4 cm³/mol. The molecular weight excluding hydrogens is 266 g/mol. The van der Waals surface area contributed by atoms with Crippen LogP contribution in [-0.4, -0.2) is 24.7 Å². The number of aldehydes is 1. The van der Waals surface area contributed by atoms with Crippen molar-refractivity contribution in [3.05, 3.63) is 29.8 Å². The third-order valence-corrected chi connectivity index (χ3v) is 1.85. The SMILES string of the molecule is O=Cc1ccc(OC(F)(F)[C@@H](F)C(F)(F)F)cc1. The number of alkyl halides is 6. The molecule has 18 heavy (non-hydrogen) atoms. The van der Waals surface area contributed by atoms with Crippen LogP contribution in [0.25, 0.3) is 0 Å². The van der Waals surface area contributed by atoms with Crippen molar-refractivity contribution in [2.24, 2.45) is 0 Å². The van der Waals surface area contributed by atoms with E-state index in [4.69, 9.17) is 0 Å². The fourth-order valence-electron chi connectivity index (χ4n) is 1.01. The first-order valence-electron chi connectivity index (χ1n) is 4.49. The highest BCUT2D eigenvalue weighted by Crippen LogP contribution is 2.36. The van der Waals surface area contributed by atoms with E-state index < -0.39 is 24.2 Å². The summed E-state index contributed by atoms with van der Waals surface area (Å²) in [5.41, 5.74) is 0.110. The van der Waals surface area contributed by atoms with Crippen molar-refractivity contribution in [1.29, 1.82) is 0 Å². The minimum absolute atomic E-state index is 0.110. The van der Waals surface area contributed by atoms with Crippen molar-refractivity contribution >= 4 is 6.29 Å². The van der Waals surface area contributed by atoms with Gasteiger partial charge in [0.1, 0.15) is 12.0 Å². The van der Waals surface area contributed by atoms with Gasteiger partial charge in [-0.15, -0.1) is 0 Å². The van der Waals surface area contributed by atoms with Crippen molar-refractivity contribution in [2.75, 3.05) is 0 Å². The second kappa shape index (κ2) is 4.87. The van der Waals surface area contributed by atoms with Crippen LogP contribution in [0.3, 0.4) is 0 Å². The summed E-state index contributed by atoms with van der Waals surface area (Å²) in [6.45, 7) is 0. The molecule has 1 aromatic carbocycles. The molecule has 0 saturated heterocycles. The molecule has 0 bridgehead atoms. The zero-order chi connectivity index (χ0) is 14.0. The van der Waals surface area contributed by atoms with E-state index in [0.717, 1.165) is 24.3 Å². The van der Waals surface area contributed by atoms with Gasteiger partial charge in [0.25, 0.3) is 6.17 Å². The summed E-state index contributed by atoms with van der Waals surface area (Å²) in [4.78, 5) is 10.2. The van der Waals surface area contributed by atoms with Gasteiger partial charge < -0.3 is 4.74 Å². The third kappa shape index (κ3) is 3.38. The molecule has 1 atom stereocenters. The lowest BCUT2D eigenvalue weighted by molar-refractivity contribution is -0.304. The van der Waals surface area contributed by atoms with Crippen LogP contribution in [0.15, 0.2) is 24.3 Å². The summed E-state index contributed by atoms with van der Waals surface area (Å²) < 4.78 is 77.1. The number of rotatable bonds is 4. The second-order valence-electron chi connectivity index (χ2n) is 3.25. The Kier molecular flexibility index (Phi) is 3.88. The van der Waals surface area contributed by atoms with E-state index in [9.17, 15) is 31.1 Å². The molecule has 0 heterocycles. The van der Waals surface area contributed by atoms with Crippen LogP contribution in [0.5, 0.6) is 5.75 Å². The Hall–Kier alpha value is -1.73. The lowest BCUT2D eigenvalue weighted by Gasteiger charge is -2.23. The minimum atomic E-state index is -5.73. The maximum Gasteiger partial charge on any atom is 0.439 e. The molecule has 0 aliphatic heterocycles. The zero-order valence-electron chi connectivity index (χ0n) is 8.55. The summed E-state index contributed by atoms with van der Waals surface area (Å²) in [6, 6.07) is 3.75. The monoisotopic (exact) mass is 272 g/mol. The summed E-state index contributed by atoms with van der Waals surface area (Å²) in [6.07, 6.45) is -14.8. The number of halogens is 6. The third-order valence-electron chi connectivity index (χ3n) is 1.85. The molecule has 0 N–H and O–H groups in total. The van der Waals surface area contributed by atoms with Crippen LogP contribution in [0.1, 0.15) is 10.4 Å². The maximum atomic E-state index is 12.8. The lowest BCUT2D eigenvalue weighted by Crippen LogP contribution is -2.45. The molecule has 8 heteroatoms. The van der Waals surface area contributed by atoms with Crippen molar-refractivity contribution in [1.82, 2.24) is 0 Å². The first kappa shape index (κ1) is 14.3. The Balaban J connectivity index is 2.84. The maximum absolute atomic E-state index is 12.8. The average Bonchev–Trinajstić information content (AvgIpc) is 2.27. The van der Waals surface area contributed by atoms with Crippen LogP contribution in [-0.2, 0) is 0 Å². The van der Waals surface area contributed by atoms with Gasteiger partial charge in [-0.25, -0.2) is 4.39 Å². The van der Waals surface area contributed by atoms with Crippen LogP contribution in [0.2, 0.25) is 0 Å². The molecule has 100 valence electrons.